The Morgan fingerprint density at radius 3 is 2.63 bits per heavy atom. The first-order valence-electron chi connectivity index (χ1n) is 10.2. The van der Waals surface area contributed by atoms with Gasteiger partial charge in [0.2, 0.25) is 11.8 Å². The Morgan fingerprint density at radius 1 is 1.00 bits per heavy atom. The molecule has 0 spiro atoms. The maximum Gasteiger partial charge on any atom is 0.245 e. The van der Waals surface area contributed by atoms with Crippen LogP contribution in [0.4, 0.5) is 0 Å². The van der Waals surface area contributed by atoms with Crippen molar-refractivity contribution < 1.29 is 9.59 Å². The van der Waals surface area contributed by atoms with Crippen LogP contribution in [0.2, 0.25) is 0 Å². The monoisotopic (exact) mass is 401 g/mol. The van der Waals surface area contributed by atoms with Gasteiger partial charge in [0.05, 0.1) is 6.54 Å². The van der Waals surface area contributed by atoms with E-state index in [9.17, 15) is 9.59 Å². The molecule has 0 saturated carbocycles. The molecule has 4 aromatic rings. The number of fused-ring (bicyclic) bond motifs is 5. The van der Waals surface area contributed by atoms with E-state index in [1.165, 1.54) is 0 Å². The minimum atomic E-state index is -0.480. The Balaban J connectivity index is 1.67. The van der Waals surface area contributed by atoms with Crippen molar-refractivity contribution in [3.8, 4) is 0 Å². The number of rotatable bonds is 1. The summed E-state index contributed by atoms with van der Waals surface area (Å²) in [7, 11) is 5.76. The van der Waals surface area contributed by atoms with E-state index in [4.69, 9.17) is 0 Å². The summed E-state index contributed by atoms with van der Waals surface area (Å²) in [6, 6.07) is 9.49. The predicted octanol–water partition coefficient (Wildman–Crippen LogP) is 2.31. The van der Waals surface area contributed by atoms with Crippen molar-refractivity contribution in [1.82, 2.24) is 23.9 Å². The lowest BCUT2D eigenvalue weighted by atomic mass is 9.86. The maximum atomic E-state index is 13.2. The van der Waals surface area contributed by atoms with Crippen molar-refractivity contribution in [2.75, 3.05) is 13.6 Å². The molecule has 1 N–H and O–H groups in total. The van der Waals surface area contributed by atoms with Crippen LogP contribution in [0.15, 0.2) is 42.7 Å². The second kappa shape index (κ2) is 5.78. The van der Waals surface area contributed by atoms with Crippen molar-refractivity contribution >= 4 is 33.8 Å². The average Bonchev–Trinajstić information content (AvgIpc) is 3.38. The van der Waals surface area contributed by atoms with Gasteiger partial charge in [0.1, 0.15) is 17.7 Å². The molecule has 0 bridgehead atoms. The second-order valence-corrected chi connectivity index (χ2v) is 8.54. The molecule has 0 unspecified atom stereocenters. The minimum Gasteiger partial charge on any atom is -0.356 e. The molecular weight excluding hydrogens is 378 g/mol. The third-order valence-corrected chi connectivity index (χ3v) is 6.77. The van der Waals surface area contributed by atoms with Crippen molar-refractivity contribution in [2.24, 2.45) is 14.1 Å². The Kier molecular flexibility index (Phi) is 3.35. The smallest absolute Gasteiger partial charge is 0.245 e. The highest BCUT2D eigenvalue weighted by molar-refractivity contribution is 5.98. The Bertz CT molecular complexity index is 1360. The van der Waals surface area contributed by atoms with Gasteiger partial charge in [0.25, 0.3) is 0 Å². The molecule has 6 rings (SSSR count). The van der Waals surface area contributed by atoms with Crippen LogP contribution < -0.4 is 0 Å². The Hall–Kier alpha value is -3.48. The molecule has 3 aromatic heterocycles. The molecular formula is C23H23N5O2. The number of aromatic amines is 1. The molecule has 0 aliphatic carbocycles. The van der Waals surface area contributed by atoms with Crippen LogP contribution in [-0.4, -0.2) is 55.4 Å². The molecule has 2 atom stereocenters. The van der Waals surface area contributed by atoms with E-state index in [-0.39, 0.29) is 24.4 Å². The first-order chi connectivity index (χ1) is 14.5. The second-order valence-electron chi connectivity index (χ2n) is 8.54. The fraction of sp³-hybridized carbons (Fsp3) is 0.304. The summed E-state index contributed by atoms with van der Waals surface area (Å²) < 4.78 is 4.18. The van der Waals surface area contributed by atoms with Crippen LogP contribution in [0.3, 0.4) is 0 Å². The SMILES string of the molecule is CN1CC(=O)N2[C@H](c3cn(C)c4c3ccn4C)c3[nH]c4ccccc4c3C[C@@H]2C1=O. The standard InChI is InChI=1S/C23H23N5O2/c1-25-9-8-14-16(11-26(2)22(14)25)21-20-15(13-6-4-5-7-17(13)24-20)10-18-23(30)27(3)12-19(29)28(18)21/h4-9,11,18,21,24H,10,12H2,1-3H3/t18-,21-/m1/s1. The summed E-state index contributed by atoms with van der Waals surface area (Å²) in [5.41, 5.74) is 5.35. The van der Waals surface area contributed by atoms with Crippen LogP contribution in [-0.2, 0) is 30.1 Å². The van der Waals surface area contributed by atoms with Gasteiger partial charge in [-0.25, -0.2) is 0 Å². The number of amides is 2. The van der Waals surface area contributed by atoms with Gasteiger partial charge in [0, 0.05) is 67.5 Å². The van der Waals surface area contributed by atoms with Crippen LogP contribution in [0, 0.1) is 0 Å². The highest BCUT2D eigenvalue weighted by atomic mass is 16.2. The zero-order valence-corrected chi connectivity index (χ0v) is 17.2. The number of aromatic nitrogens is 3. The number of para-hydroxylation sites is 1. The lowest BCUT2D eigenvalue weighted by Crippen LogP contribution is -2.62. The fourth-order valence-corrected chi connectivity index (χ4v) is 5.47. The first kappa shape index (κ1) is 17.4. The molecule has 1 saturated heterocycles. The third-order valence-electron chi connectivity index (χ3n) is 6.77. The molecule has 2 aliphatic heterocycles. The van der Waals surface area contributed by atoms with Gasteiger partial charge in [-0.2, -0.15) is 0 Å². The first-order valence-corrected chi connectivity index (χ1v) is 10.2. The normalized spacial score (nSPS) is 21.6. The van der Waals surface area contributed by atoms with E-state index in [2.05, 4.69) is 38.5 Å². The van der Waals surface area contributed by atoms with Crippen LogP contribution in [0.5, 0.6) is 0 Å². The quantitative estimate of drug-likeness (QED) is 0.532. The van der Waals surface area contributed by atoms with Gasteiger partial charge >= 0.3 is 0 Å². The van der Waals surface area contributed by atoms with Gasteiger partial charge in [0.15, 0.2) is 0 Å². The molecule has 2 amide bonds. The van der Waals surface area contributed by atoms with Crippen molar-refractivity contribution in [3.05, 3.63) is 59.5 Å². The average molecular weight is 401 g/mol. The molecule has 1 aromatic carbocycles. The van der Waals surface area contributed by atoms with E-state index < -0.39 is 6.04 Å². The largest absolute Gasteiger partial charge is 0.356 e. The number of hydrogen-bond donors (Lipinski definition) is 1. The van der Waals surface area contributed by atoms with Gasteiger partial charge in [-0.15, -0.1) is 0 Å². The molecule has 1 fully saturated rings. The number of piperazine rings is 1. The summed E-state index contributed by atoms with van der Waals surface area (Å²) in [5, 5.41) is 2.24. The van der Waals surface area contributed by atoms with Crippen LogP contribution in [0.1, 0.15) is 22.9 Å². The molecule has 2 aliphatic rings. The number of hydrogen-bond acceptors (Lipinski definition) is 2. The zero-order valence-electron chi connectivity index (χ0n) is 17.2. The minimum absolute atomic E-state index is 0.00987. The van der Waals surface area contributed by atoms with E-state index in [0.717, 1.165) is 38.8 Å². The predicted molar refractivity (Wildman–Crippen MR) is 114 cm³/mol. The number of nitrogens with zero attached hydrogens (tertiary/aromatic N) is 4. The number of carbonyl (C=O) groups is 2. The zero-order chi connectivity index (χ0) is 20.7. The van der Waals surface area contributed by atoms with E-state index in [1.807, 2.05) is 37.3 Å². The number of aryl methyl sites for hydroxylation is 2. The lowest BCUT2D eigenvalue weighted by molar-refractivity contribution is -0.157. The maximum absolute atomic E-state index is 13.2. The fourth-order valence-electron chi connectivity index (χ4n) is 5.47. The number of carbonyl (C=O) groups excluding carboxylic acids is 2. The van der Waals surface area contributed by atoms with Crippen molar-refractivity contribution in [3.63, 3.8) is 0 Å². The molecule has 7 nitrogen and oxygen atoms in total. The van der Waals surface area contributed by atoms with Gasteiger partial charge in [-0.3, -0.25) is 9.59 Å². The summed E-state index contributed by atoms with van der Waals surface area (Å²) in [5.74, 6) is 0.000100. The lowest BCUT2D eigenvalue weighted by Gasteiger charge is -2.46. The van der Waals surface area contributed by atoms with Gasteiger partial charge < -0.3 is 23.9 Å². The summed E-state index contributed by atoms with van der Waals surface area (Å²) in [6.07, 6.45) is 4.68. The number of likely N-dealkylation sites (N-methyl/N-ethyl adjacent to an activating group) is 1. The number of benzene rings is 1. The van der Waals surface area contributed by atoms with Crippen LogP contribution >= 0.6 is 0 Å². The summed E-state index contributed by atoms with van der Waals surface area (Å²) in [4.78, 5) is 33.4. The Labute approximate surface area is 173 Å². The summed E-state index contributed by atoms with van der Waals surface area (Å²) in [6.45, 7) is 0.117. The topological polar surface area (TPSA) is 66.3 Å². The highest BCUT2D eigenvalue weighted by Crippen LogP contribution is 2.44. The molecule has 152 valence electrons. The number of H-pyrrole nitrogens is 1. The molecule has 7 heteroatoms. The van der Waals surface area contributed by atoms with Crippen molar-refractivity contribution in [2.45, 2.75) is 18.5 Å². The van der Waals surface area contributed by atoms with Gasteiger partial charge in [-0.1, -0.05) is 18.2 Å². The summed E-state index contributed by atoms with van der Waals surface area (Å²) >= 11 is 0. The van der Waals surface area contributed by atoms with Crippen molar-refractivity contribution in [1.29, 1.82) is 0 Å². The van der Waals surface area contributed by atoms with E-state index >= 15 is 0 Å². The highest BCUT2D eigenvalue weighted by Gasteiger charge is 2.48. The molecule has 30 heavy (non-hydrogen) atoms. The van der Waals surface area contributed by atoms with Gasteiger partial charge in [-0.05, 0) is 17.7 Å². The number of nitrogens with one attached hydrogen (secondary N) is 1. The molecule has 0 radical (unpaired) electrons. The molecule has 5 heterocycles. The van der Waals surface area contributed by atoms with E-state index in [0.29, 0.717) is 6.42 Å². The Morgan fingerprint density at radius 2 is 1.80 bits per heavy atom. The third kappa shape index (κ3) is 2.09. The van der Waals surface area contributed by atoms with E-state index in [1.54, 1.807) is 11.9 Å². The van der Waals surface area contributed by atoms with Crippen LogP contribution in [0.25, 0.3) is 21.9 Å².